The lowest BCUT2D eigenvalue weighted by Gasteiger charge is -2.12. The second kappa shape index (κ2) is 10.8. The Bertz CT molecular complexity index is 1140. The van der Waals surface area contributed by atoms with E-state index in [4.69, 9.17) is 15.9 Å². The molecule has 0 spiro atoms. The summed E-state index contributed by atoms with van der Waals surface area (Å²) < 4.78 is 7.76. The Labute approximate surface area is 198 Å². The molecule has 156 valence electrons. The fourth-order valence-corrected chi connectivity index (χ4v) is 4.10. The number of halogens is 2. The molecule has 0 atom stereocenters. The molecule has 0 saturated heterocycles. The molecule has 0 aliphatic heterocycles. The summed E-state index contributed by atoms with van der Waals surface area (Å²) in [6, 6.07) is 24.5. The van der Waals surface area contributed by atoms with Gasteiger partial charge in [-0.25, -0.2) is 0 Å². The normalized spacial score (nSPS) is 11.3. The van der Waals surface area contributed by atoms with Crippen molar-refractivity contribution in [3.05, 3.63) is 104 Å². The predicted molar refractivity (Wildman–Crippen MR) is 130 cm³/mol. The molecular weight excluding hydrogens is 520 g/mol. The number of para-hydroxylation sites is 1. The fraction of sp³-hybridized carbons (Fsp3) is 0.0833. The van der Waals surface area contributed by atoms with E-state index in [1.54, 1.807) is 24.3 Å². The molecule has 0 aromatic heterocycles. The highest BCUT2D eigenvalue weighted by Gasteiger charge is 2.13. The van der Waals surface area contributed by atoms with Crippen LogP contribution in [0.5, 0.6) is 11.5 Å². The Kier molecular flexibility index (Phi) is 7.88. The monoisotopic (exact) mass is 538 g/mol. The van der Waals surface area contributed by atoms with Gasteiger partial charge in [0.25, 0.3) is 0 Å². The average molecular weight is 540 g/mol. The molecule has 0 heterocycles. The SMILES string of the molecule is N#C/C(C(=N)c1ccc(Oc2ccccc2)cc1)=C(\N)NCCc1ccc(Br)cc1Br. The summed E-state index contributed by atoms with van der Waals surface area (Å²) in [6.45, 7) is 0.536. The maximum absolute atomic E-state index is 9.56. The number of rotatable bonds is 8. The molecule has 5 nitrogen and oxygen atoms in total. The molecule has 3 rings (SSSR count). The molecular formula is C24H20Br2N4O. The van der Waals surface area contributed by atoms with Gasteiger partial charge in [-0.1, -0.05) is 56.1 Å². The third kappa shape index (κ3) is 6.20. The van der Waals surface area contributed by atoms with Crippen LogP contribution in [-0.4, -0.2) is 12.3 Å². The van der Waals surface area contributed by atoms with Crippen molar-refractivity contribution in [3.8, 4) is 17.6 Å². The molecule has 0 fully saturated rings. The lowest BCUT2D eigenvalue weighted by molar-refractivity contribution is 0.482. The Hall–Kier alpha value is -3.08. The van der Waals surface area contributed by atoms with Gasteiger partial charge in [0.1, 0.15) is 29.0 Å². The minimum atomic E-state index is 0.0589. The minimum absolute atomic E-state index is 0.0589. The van der Waals surface area contributed by atoms with Crippen LogP contribution in [0.1, 0.15) is 11.1 Å². The number of hydrogen-bond donors (Lipinski definition) is 3. The van der Waals surface area contributed by atoms with Gasteiger partial charge >= 0.3 is 0 Å². The van der Waals surface area contributed by atoms with E-state index in [0.717, 1.165) is 20.3 Å². The van der Waals surface area contributed by atoms with Gasteiger partial charge in [-0.05, 0) is 60.5 Å². The number of nitrogens with two attached hydrogens (primary N) is 1. The highest BCUT2D eigenvalue weighted by molar-refractivity contribution is 9.11. The highest BCUT2D eigenvalue weighted by Crippen LogP contribution is 2.23. The van der Waals surface area contributed by atoms with Crippen LogP contribution in [-0.2, 0) is 6.42 Å². The molecule has 0 radical (unpaired) electrons. The molecule has 0 aliphatic rings. The van der Waals surface area contributed by atoms with Crippen molar-refractivity contribution in [2.45, 2.75) is 6.42 Å². The van der Waals surface area contributed by atoms with Gasteiger partial charge in [-0.2, -0.15) is 5.26 Å². The van der Waals surface area contributed by atoms with Crippen molar-refractivity contribution < 1.29 is 4.74 Å². The summed E-state index contributed by atoms with van der Waals surface area (Å²) in [5, 5.41) is 21.0. The minimum Gasteiger partial charge on any atom is -0.457 e. The first-order valence-corrected chi connectivity index (χ1v) is 11.1. The maximum Gasteiger partial charge on any atom is 0.127 e. The molecule has 0 bridgehead atoms. The van der Waals surface area contributed by atoms with Crippen LogP contribution in [0.4, 0.5) is 0 Å². The van der Waals surface area contributed by atoms with E-state index in [1.807, 2.05) is 54.6 Å². The van der Waals surface area contributed by atoms with Crippen LogP contribution < -0.4 is 15.8 Å². The number of ether oxygens (including phenoxy) is 1. The van der Waals surface area contributed by atoms with E-state index >= 15 is 0 Å². The summed E-state index contributed by atoms with van der Waals surface area (Å²) >= 11 is 6.97. The second-order valence-corrected chi connectivity index (χ2v) is 8.40. The molecule has 4 N–H and O–H groups in total. The summed E-state index contributed by atoms with van der Waals surface area (Å²) in [5.74, 6) is 1.57. The smallest absolute Gasteiger partial charge is 0.127 e. The molecule has 0 saturated carbocycles. The quantitative estimate of drug-likeness (QED) is 0.245. The first-order valence-electron chi connectivity index (χ1n) is 9.48. The Morgan fingerprint density at radius 1 is 1.00 bits per heavy atom. The van der Waals surface area contributed by atoms with Gasteiger partial charge in [0.2, 0.25) is 0 Å². The lowest BCUT2D eigenvalue weighted by Crippen LogP contribution is -2.26. The largest absolute Gasteiger partial charge is 0.457 e. The third-order valence-electron chi connectivity index (χ3n) is 4.48. The standard InChI is InChI=1S/C24H20Br2N4O/c25-18-9-6-16(22(26)14-18)12-13-30-24(29)21(15-27)23(28)17-7-10-20(11-8-17)31-19-4-2-1-3-5-19/h1-11,14,28,30H,12-13,29H2/b24-21-,28-23?. The number of allylic oxidation sites excluding steroid dienone is 1. The van der Waals surface area contributed by atoms with Crippen LogP contribution in [0.25, 0.3) is 0 Å². The Morgan fingerprint density at radius 2 is 1.68 bits per heavy atom. The van der Waals surface area contributed by atoms with Crippen LogP contribution >= 0.6 is 31.9 Å². The zero-order valence-electron chi connectivity index (χ0n) is 16.5. The van der Waals surface area contributed by atoms with Crippen molar-refractivity contribution in [3.63, 3.8) is 0 Å². The summed E-state index contributed by atoms with van der Waals surface area (Å²) in [4.78, 5) is 0. The number of nitriles is 1. The molecule has 31 heavy (non-hydrogen) atoms. The van der Waals surface area contributed by atoms with Gasteiger partial charge in [0, 0.05) is 21.1 Å². The van der Waals surface area contributed by atoms with Crippen molar-refractivity contribution in [2.24, 2.45) is 5.73 Å². The average Bonchev–Trinajstić information content (AvgIpc) is 2.77. The van der Waals surface area contributed by atoms with Crippen LogP contribution in [0.2, 0.25) is 0 Å². The van der Waals surface area contributed by atoms with Crippen molar-refractivity contribution in [2.75, 3.05) is 6.54 Å². The van der Waals surface area contributed by atoms with E-state index in [1.165, 1.54) is 0 Å². The van der Waals surface area contributed by atoms with Crippen molar-refractivity contribution in [1.29, 1.82) is 10.7 Å². The van der Waals surface area contributed by atoms with Crippen LogP contribution in [0.15, 0.2) is 93.1 Å². The van der Waals surface area contributed by atoms with E-state index in [-0.39, 0.29) is 17.1 Å². The first kappa shape index (κ1) is 22.6. The van der Waals surface area contributed by atoms with Crippen molar-refractivity contribution in [1.82, 2.24) is 5.32 Å². The summed E-state index contributed by atoms with van der Waals surface area (Å²) in [6.07, 6.45) is 0.714. The fourth-order valence-electron chi connectivity index (χ4n) is 2.85. The molecule has 0 unspecified atom stereocenters. The van der Waals surface area contributed by atoms with E-state index in [2.05, 4.69) is 37.2 Å². The second-order valence-electron chi connectivity index (χ2n) is 6.63. The zero-order valence-corrected chi connectivity index (χ0v) is 19.7. The van der Waals surface area contributed by atoms with E-state index < -0.39 is 0 Å². The van der Waals surface area contributed by atoms with Crippen LogP contribution in [0.3, 0.4) is 0 Å². The Balaban J connectivity index is 1.65. The summed E-state index contributed by atoms with van der Waals surface area (Å²) in [7, 11) is 0. The zero-order chi connectivity index (χ0) is 22.2. The number of benzene rings is 3. The topological polar surface area (TPSA) is 94.9 Å². The van der Waals surface area contributed by atoms with Gasteiger partial charge in [-0.3, -0.25) is 5.41 Å². The Morgan fingerprint density at radius 3 is 2.32 bits per heavy atom. The van der Waals surface area contributed by atoms with Crippen molar-refractivity contribution >= 4 is 37.6 Å². The molecule has 0 amide bonds. The third-order valence-corrected chi connectivity index (χ3v) is 5.71. The molecule has 7 heteroatoms. The molecule has 0 aliphatic carbocycles. The molecule has 3 aromatic rings. The van der Waals surface area contributed by atoms with E-state index in [0.29, 0.717) is 24.3 Å². The van der Waals surface area contributed by atoms with E-state index in [9.17, 15) is 5.26 Å². The van der Waals surface area contributed by atoms with Gasteiger partial charge in [0.05, 0.1) is 5.71 Å². The summed E-state index contributed by atoms with van der Waals surface area (Å²) in [5.41, 5.74) is 7.95. The number of nitrogens with zero attached hydrogens (tertiary/aromatic N) is 1. The van der Waals surface area contributed by atoms with Gasteiger partial charge in [-0.15, -0.1) is 0 Å². The highest BCUT2D eigenvalue weighted by atomic mass is 79.9. The number of nitrogens with one attached hydrogen (secondary N) is 2. The van der Waals surface area contributed by atoms with Gasteiger partial charge < -0.3 is 15.8 Å². The van der Waals surface area contributed by atoms with Gasteiger partial charge in [0.15, 0.2) is 0 Å². The van der Waals surface area contributed by atoms with Crippen LogP contribution in [0, 0.1) is 16.7 Å². The lowest BCUT2D eigenvalue weighted by atomic mass is 10.0. The maximum atomic E-state index is 9.56. The predicted octanol–water partition coefficient (Wildman–Crippen LogP) is 5.90. The molecule has 3 aromatic carbocycles. The first-order chi connectivity index (χ1) is 15.0. The number of hydrogen-bond acceptors (Lipinski definition) is 5.